The lowest BCUT2D eigenvalue weighted by Gasteiger charge is -2.18. The van der Waals surface area contributed by atoms with Crippen molar-refractivity contribution >= 4 is 29.0 Å². The van der Waals surface area contributed by atoms with E-state index in [-0.39, 0.29) is 11.6 Å². The smallest absolute Gasteiger partial charge is 0.328 e. The van der Waals surface area contributed by atoms with Crippen molar-refractivity contribution in [2.45, 2.75) is 45.6 Å². The number of nitrogens with zero attached hydrogens (tertiary/aromatic N) is 1. The summed E-state index contributed by atoms with van der Waals surface area (Å²) in [5.74, 6) is 0. The van der Waals surface area contributed by atoms with Crippen LogP contribution in [0.5, 0.6) is 0 Å². The van der Waals surface area contributed by atoms with E-state index in [0.717, 1.165) is 12.1 Å². The molecule has 0 bridgehead atoms. The monoisotopic (exact) mass is 305 g/mol. The summed E-state index contributed by atoms with van der Waals surface area (Å²) in [4.78, 5) is 13.8. The molecule has 114 valence electrons. The number of amides is 2. The van der Waals surface area contributed by atoms with Gasteiger partial charge in [0.15, 0.2) is 5.11 Å². The first-order chi connectivity index (χ1) is 9.91. The molecule has 1 saturated heterocycles. The predicted molar refractivity (Wildman–Crippen MR) is 90.6 cm³/mol. The summed E-state index contributed by atoms with van der Waals surface area (Å²) < 4.78 is 0. The lowest BCUT2D eigenvalue weighted by atomic mass is 10.1. The largest absolute Gasteiger partial charge is 0.355 e. The number of aryl methyl sites for hydroxylation is 1. The van der Waals surface area contributed by atoms with Gasteiger partial charge in [-0.2, -0.15) is 0 Å². The molecule has 1 aromatic rings. The van der Waals surface area contributed by atoms with E-state index in [1.54, 1.807) is 4.90 Å². The second-order valence-electron chi connectivity index (χ2n) is 6.13. The van der Waals surface area contributed by atoms with Gasteiger partial charge in [0.05, 0.1) is 12.1 Å². The van der Waals surface area contributed by atoms with Crippen molar-refractivity contribution in [2.24, 2.45) is 0 Å². The second kappa shape index (κ2) is 6.43. The third-order valence-corrected chi connectivity index (χ3v) is 3.84. The molecular weight excluding hydrogens is 282 g/mol. The van der Waals surface area contributed by atoms with E-state index in [1.165, 1.54) is 18.4 Å². The number of hydrogen-bond acceptors (Lipinski definition) is 2. The number of thiocarbonyl (C=S) groups is 1. The molecule has 0 unspecified atom stereocenters. The highest BCUT2D eigenvalue weighted by molar-refractivity contribution is 7.80. The zero-order valence-corrected chi connectivity index (χ0v) is 13.7. The van der Waals surface area contributed by atoms with Crippen LogP contribution in [-0.2, 0) is 6.42 Å². The van der Waals surface area contributed by atoms with E-state index in [9.17, 15) is 4.79 Å². The summed E-state index contributed by atoms with van der Waals surface area (Å²) in [5.41, 5.74) is 1.93. The Kier molecular flexibility index (Phi) is 4.83. The zero-order valence-electron chi connectivity index (χ0n) is 12.9. The van der Waals surface area contributed by atoms with E-state index >= 15 is 0 Å². The molecule has 5 heteroatoms. The van der Waals surface area contributed by atoms with Gasteiger partial charge in [-0.25, -0.2) is 4.79 Å². The number of rotatable bonds is 4. The summed E-state index contributed by atoms with van der Waals surface area (Å²) in [6, 6.07) is 7.84. The van der Waals surface area contributed by atoms with Crippen LogP contribution in [0.3, 0.4) is 0 Å². The maximum atomic E-state index is 12.3. The molecule has 0 radical (unpaired) electrons. The highest BCUT2D eigenvalue weighted by Crippen LogP contribution is 2.17. The second-order valence-corrected chi connectivity index (χ2v) is 6.52. The van der Waals surface area contributed by atoms with Crippen LogP contribution in [0.4, 0.5) is 10.5 Å². The van der Waals surface area contributed by atoms with Crippen LogP contribution in [0.1, 0.15) is 39.2 Å². The number of anilines is 1. The molecule has 0 spiro atoms. The lowest BCUT2D eigenvalue weighted by molar-refractivity contribution is 0.233. The average molecular weight is 305 g/mol. The summed E-state index contributed by atoms with van der Waals surface area (Å²) in [6.07, 6.45) is 3.46. The van der Waals surface area contributed by atoms with Gasteiger partial charge in [-0.1, -0.05) is 25.5 Å². The number of urea groups is 1. The first kappa shape index (κ1) is 15.8. The SMILES string of the molecule is CCCCc1ccc(NC(=O)N2CC(C)(C)NC2=S)cc1. The lowest BCUT2D eigenvalue weighted by Crippen LogP contribution is -2.37. The fourth-order valence-electron chi connectivity index (χ4n) is 2.35. The van der Waals surface area contributed by atoms with Crippen molar-refractivity contribution in [1.82, 2.24) is 10.2 Å². The molecule has 2 N–H and O–H groups in total. The van der Waals surface area contributed by atoms with E-state index < -0.39 is 0 Å². The summed E-state index contributed by atoms with van der Waals surface area (Å²) >= 11 is 5.20. The molecule has 1 aromatic carbocycles. The predicted octanol–water partition coefficient (Wildman–Crippen LogP) is 3.53. The molecule has 1 fully saturated rings. The molecule has 0 aromatic heterocycles. The van der Waals surface area contributed by atoms with Gasteiger partial charge in [-0.15, -0.1) is 0 Å². The molecule has 1 heterocycles. The molecule has 1 aliphatic heterocycles. The summed E-state index contributed by atoms with van der Waals surface area (Å²) in [5, 5.41) is 6.52. The van der Waals surface area contributed by atoms with Crippen molar-refractivity contribution in [3.63, 3.8) is 0 Å². The van der Waals surface area contributed by atoms with Crippen LogP contribution in [-0.4, -0.2) is 28.1 Å². The topological polar surface area (TPSA) is 44.4 Å². The molecule has 0 atom stereocenters. The van der Waals surface area contributed by atoms with Gasteiger partial charge in [0.2, 0.25) is 0 Å². The Morgan fingerprint density at radius 3 is 2.57 bits per heavy atom. The number of carbonyl (C=O) groups is 1. The van der Waals surface area contributed by atoms with Crippen molar-refractivity contribution < 1.29 is 4.79 Å². The normalized spacial score (nSPS) is 16.7. The third-order valence-electron chi connectivity index (χ3n) is 3.51. The molecule has 2 amide bonds. The number of nitrogens with one attached hydrogen (secondary N) is 2. The van der Waals surface area contributed by atoms with Gasteiger partial charge in [-0.05, 0) is 56.6 Å². The Labute approximate surface area is 131 Å². The maximum absolute atomic E-state index is 12.3. The van der Waals surface area contributed by atoms with Gasteiger partial charge in [0.1, 0.15) is 0 Å². The van der Waals surface area contributed by atoms with Crippen LogP contribution < -0.4 is 10.6 Å². The third kappa shape index (κ3) is 4.17. The highest BCUT2D eigenvalue weighted by Gasteiger charge is 2.35. The average Bonchev–Trinajstić information content (AvgIpc) is 2.71. The van der Waals surface area contributed by atoms with Crippen molar-refractivity contribution in [3.05, 3.63) is 29.8 Å². The van der Waals surface area contributed by atoms with E-state index in [4.69, 9.17) is 12.2 Å². The number of carbonyl (C=O) groups excluding carboxylic acids is 1. The van der Waals surface area contributed by atoms with Crippen LogP contribution in [0.2, 0.25) is 0 Å². The molecule has 0 aliphatic carbocycles. The molecule has 21 heavy (non-hydrogen) atoms. The van der Waals surface area contributed by atoms with Gasteiger partial charge in [-0.3, -0.25) is 4.90 Å². The van der Waals surface area contributed by atoms with Gasteiger partial charge in [0.25, 0.3) is 0 Å². The van der Waals surface area contributed by atoms with E-state index in [2.05, 4.69) is 29.7 Å². The number of benzene rings is 1. The molecular formula is C16H23N3OS. The first-order valence-corrected chi connectivity index (χ1v) is 7.82. The van der Waals surface area contributed by atoms with Crippen LogP contribution in [0.25, 0.3) is 0 Å². The Morgan fingerprint density at radius 2 is 2.05 bits per heavy atom. The van der Waals surface area contributed by atoms with Crippen LogP contribution >= 0.6 is 12.2 Å². The summed E-state index contributed by atoms with van der Waals surface area (Å²) in [7, 11) is 0. The standard InChI is InChI=1S/C16H23N3OS/c1-4-5-6-12-7-9-13(10-8-12)17-14(20)19-11-16(2,3)18-15(19)21/h7-10H,4-6,11H2,1-3H3,(H,17,20)(H,18,21). The fraction of sp³-hybridized carbons (Fsp3) is 0.500. The first-order valence-electron chi connectivity index (χ1n) is 7.41. The van der Waals surface area contributed by atoms with Crippen molar-refractivity contribution in [1.29, 1.82) is 0 Å². The van der Waals surface area contributed by atoms with Gasteiger partial charge in [0, 0.05) is 5.69 Å². The van der Waals surface area contributed by atoms with Crippen LogP contribution in [0, 0.1) is 0 Å². The number of hydrogen-bond donors (Lipinski definition) is 2. The molecule has 2 rings (SSSR count). The molecule has 1 aliphatic rings. The van der Waals surface area contributed by atoms with Crippen molar-refractivity contribution in [3.8, 4) is 0 Å². The Balaban J connectivity index is 1.95. The van der Waals surface area contributed by atoms with E-state index in [0.29, 0.717) is 11.7 Å². The van der Waals surface area contributed by atoms with E-state index in [1.807, 2.05) is 26.0 Å². The Bertz CT molecular complexity index is 525. The Hall–Kier alpha value is -1.62. The van der Waals surface area contributed by atoms with Gasteiger partial charge < -0.3 is 10.6 Å². The summed E-state index contributed by atoms with van der Waals surface area (Å²) in [6.45, 7) is 6.81. The molecule has 0 saturated carbocycles. The quantitative estimate of drug-likeness (QED) is 0.836. The fourth-order valence-corrected chi connectivity index (χ4v) is 2.78. The zero-order chi connectivity index (χ0) is 15.5. The minimum absolute atomic E-state index is 0.168. The van der Waals surface area contributed by atoms with Gasteiger partial charge >= 0.3 is 6.03 Å². The number of unbranched alkanes of at least 4 members (excludes halogenated alkanes) is 1. The molecule has 4 nitrogen and oxygen atoms in total. The van der Waals surface area contributed by atoms with Crippen LogP contribution in [0.15, 0.2) is 24.3 Å². The Morgan fingerprint density at radius 1 is 1.38 bits per heavy atom. The maximum Gasteiger partial charge on any atom is 0.328 e. The minimum atomic E-state index is -0.181. The van der Waals surface area contributed by atoms with Crippen molar-refractivity contribution in [2.75, 3.05) is 11.9 Å². The minimum Gasteiger partial charge on any atom is -0.355 e. The highest BCUT2D eigenvalue weighted by atomic mass is 32.1.